The molecule has 1 amide bonds. The van der Waals surface area contributed by atoms with Crippen LogP contribution in [0.4, 0.5) is 4.79 Å². The van der Waals surface area contributed by atoms with Crippen LogP contribution in [0.2, 0.25) is 0 Å². The van der Waals surface area contributed by atoms with Crippen LogP contribution in [0.1, 0.15) is 30.9 Å². The van der Waals surface area contributed by atoms with E-state index >= 15 is 0 Å². The summed E-state index contributed by atoms with van der Waals surface area (Å²) in [5.74, 6) is 0.596. The molecule has 1 aliphatic rings. The highest BCUT2D eigenvalue weighted by atomic mass is 16.5. The Bertz CT molecular complexity index is 1440. The molecule has 8 heteroatoms. The lowest BCUT2D eigenvalue weighted by Gasteiger charge is -2.15. The molecular formula is C28H25N5O3. The van der Waals surface area contributed by atoms with Gasteiger partial charge in [0.25, 0.3) is 0 Å². The zero-order valence-corrected chi connectivity index (χ0v) is 19.6. The molecule has 2 atom stereocenters. The van der Waals surface area contributed by atoms with E-state index in [4.69, 9.17) is 9.15 Å². The Morgan fingerprint density at radius 2 is 1.75 bits per heavy atom. The fraction of sp³-hybridized carbons (Fsp3) is 0.214. The molecule has 0 spiro atoms. The number of carbonyl (C=O) groups excluding carboxylic acids is 1. The van der Waals surface area contributed by atoms with E-state index in [0.29, 0.717) is 5.89 Å². The Morgan fingerprint density at radius 1 is 0.972 bits per heavy atom. The van der Waals surface area contributed by atoms with Crippen molar-refractivity contribution in [3.8, 4) is 22.7 Å². The van der Waals surface area contributed by atoms with Crippen molar-refractivity contribution in [2.45, 2.75) is 38.0 Å². The number of nitrogens with zero attached hydrogens (tertiary/aromatic N) is 4. The van der Waals surface area contributed by atoms with Crippen LogP contribution in [-0.4, -0.2) is 32.1 Å². The first kappa shape index (κ1) is 22.0. The monoisotopic (exact) mass is 479 g/mol. The van der Waals surface area contributed by atoms with E-state index in [1.54, 1.807) is 6.20 Å². The highest BCUT2D eigenvalue weighted by Crippen LogP contribution is 2.34. The zero-order chi connectivity index (χ0) is 24.3. The molecule has 1 saturated carbocycles. The van der Waals surface area contributed by atoms with E-state index in [1.807, 2.05) is 83.5 Å². The number of rotatable bonds is 6. The molecule has 2 heterocycles. The van der Waals surface area contributed by atoms with Crippen LogP contribution in [0.3, 0.4) is 0 Å². The molecule has 0 radical (unpaired) electrons. The molecule has 5 aromatic rings. The molecule has 0 aliphatic heterocycles. The van der Waals surface area contributed by atoms with Gasteiger partial charge in [0, 0.05) is 17.2 Å². The van der Waals surface area contributed by atoms with Gasteiger partial charge < -0.3 is 14.5 Å². The lowest BCUT2D eigenvalue weighted by molar-refractivity contribution is 0.135. The number of alkyl carbamates (subject to hydrolysis) is 1. The molecule has 180 valence electrons. The fourth-order valence-electron chi connectivity index (χ4n) is 4.74. The largest absolute Gasteiger partial charge is 0.445 e. The van der Waals surface area contributed by atoms with Gasteiger partial charge in [0.1, 0.15) is 12.1 Å². The predicted octanol–water partition coefficient (Wildman–Crippen LogP) is 5.77. The molecule has 2 aromatic heterocycles. The van der Waals surface area contributed by atoms with E-state index in [9.17, 15) is 4.79 Å². The Morgan fingerprint density at radius 3 is 2.58 bits per heavy atom. The molecule has 8 nitrogen and oxygen atoms in total. The van der Waals surface area contributed by atoms with Gasteiger partial charge in [-0.2, -0.15) is 0 Å². The van der Waals surface area contributed by atoms with Crippen LogP contribution in [0, 0.1) is 0 Å². The van der Waals surface area contributed by atoms with E-state index in [-0.39, 0.29) is 18.7 Å². The van der Waals surface area contributed by atoms with E-state index in [0.717, 1.165) is 52.7 Å². The second kappa shape index (κ2) is 9.65. The number of oxazole rings is 1. The Kier molecular flexibility index (Phi) is 5.91. The lowest BCUT2D eigenvalue weighted by atomic mass is 10.1. The van der Waals surface area contributed by atoms with Crippen molar-refractivity contribution in [1.82, 2.24) is 25.3 Å². The van der Waals surface area contributed by atoms with Gasteiger partial charge >= 0.3 is 6.09 Å². The average molecular weight is 480 g/mol. The minimum absolute atomic E-state index is 0.0388. The van der Waals surface area contributed by atoms with Crippen LogP contribution >= 0.6 is 0 Å². The first-order valence-corrected chi connectivity index (χ1v) is 12.1. The van der Waals surface area contributed by atoms with Crippen molar-refractivity contribution in [2.24, 2.45) is 0 Å². The summed E-state index contributed by atoms with van der Waals surface area (Å²) in [6.07, 6.45) is 3.93. The Balaban J connectivity index is 1.10. The van der Waals surface area contributed by atoms with Crippen molar-refractivity contribution < 1.29 is 13.9 Å². The van der Waals surface area contributed by atoms with Crippen molar-refractivity contribution >= 4 is 17.2 Å². The predicted molar refractivity (Wildman–Crippen MR) is 135 cm³/mol. The topological polar surface area (TPSA) is 95.1 Å². The third kappa shape index (κ3) is 4.57. The molecule has 1 fully saturated rings. The van der Waals surface area contributed by atoms with E-state index in [1.165, 1.54) is 0 Å². The lowest BCUT2D eigenvalue weighted by Crippen LogP contribution is -2.33. The highest BCUT2D eigenvalue weighted by molar-refractivity contribution is 5.76. The third-order valence-corrected chi connectivity index (χ3v) is 6.58. The second-order valence-corrected chi connectivity index (χ2v) is 9.00. The Hall–Kier alpha value is -4.46. The van der Waals surface area contributed by atoms with Gasteiger partial charge in [0.15, 0.2) is 5.58 Å². The van der Waals surface area contributed by atoms with Crippen molar-refractivity contribution in [1.29, 1.82) is 0 Å². The van der Waals surface area contributed by atoms with Crippen LogP contribution < -0.4 is 5.32 Å². The summed E-state index contributed by atoms with van der Waals surface area (Å²) in [6.45, 7) is 0.260. The molecule has 1 aliphatic carbocycles. The van der Waals surface area contributed by atoms with Crippen molar-refractivity contribution in [3.05, 3.63) is 90.6 Å². The van der Waals surface area contributed by atoms with Gasteiger partial charge in [0.05, 0.1) is 17.9 Å². The fourth-order valence-corrected chi connectivity index (χ4v) is 4.74. The van der Waals surface area contributed by atoms with Gasteiger partial charge in [-0.15, -0.1) is 5.10 Å². The maximum Gasteiger partial charge on any atom is 0.407 e. The first-order valence-electron chi connectivity index (χ1n) is 12.1. The van der Waals surface area contributed by atoms with Gasteiger partial charge in [-0.1, -0.05) is 59.8 Å². The van der Waals surface area contributed by atoms with Gasteiger partial charge in [-0.25, -0.2) is 14.5 Å². The maximum atomic E-state index is 12.3. The number of hydrogen-bond acceptors (Lipinski definition) is 6. The van der Waals surface area contributed by atoms with E-state index < -0.39 is 6.09 Å². The van der Waals surface area contributed by atoms with E-state index in [2.05, 4.69) is 20.6 Å². The van der Waals surface area contributed by atoms with Gasteiger partial charge in [0.2, 0.25) is 5.89 Å². The summed E-state index contributed by atoms with van der Waals surface area (Å²) < 4.78 is 13.2. The zero-order valence-electron chi connectivity index (χ0n) is 19.6. The average Bonchev–Trinajstić information content (AvgIpc) is 3.67. The minimum Gasteiger partial charge on any atom is -0.445 e. The summed E-state index contributed by atoms with van der Waals surface area (Å²) >= 11 is 0. The molecular weight excluding hydrogens is 454 g/mol. The minimum atomic E-state index is -0.391. The number of amides is 1. The third-order valence-electron chi connectivity index (χ3n) is 6.58. The number of nitrogens with one attached hydrogen (secondary N) is 1. The Labute approximate surface area is 207 Å². The van der Waals surface area contributed by atoms with Crippen molar-refractivity contribution in [2.75, 3.05) is 0 Å². The molecule has 0 saturated heterocycles. The standard InChI is InChI=1S/C28H25N5O3/c34-28(35-18-19-6-2-1-3-7-19)30-22-14-15-23(16-22)33-25(17-29-32-33)20-10-12-21(13-11-20)27-31-24-8-4-5-9-26(24)36-27/h1-13,17,22-23H,14-16,18H2,(H,30,34)/t22?,23-/m1/s1. The summed E-state index contributed by atoms with van der Waals surface area (Å²) in [6, 6.07) is 25.7. The first-order chi connectivity index (χ1) is 17.7. The molecule has 1 N–H and O–H groups in total. The number of para-hydroxylation sites is 2. The maximum absolute atomic E-state index is 12.3. The quantitative estimate of drug-likeness (QED) is 0.332. The second-order valence-electron chi connectivity index (χ2n) is 9.00. The van der Waals surface area contributed by atoms with Crippen LogP contribution in [0.25, 0.3) is 33.8 Å². The number of fused-ring (bicyclic) bond motifs is 1. The summed E-state index contributed by atoms with van der Waals surface area (Å²) in [4.78, 5) is 16.9. The van der Waals surface area contributed by atoms with Crippen LogP contribution in [0.15, 0.2) is 89.5 Å². The SMILES string of the molecule is O=C(NC1CC[C@@H](n2nncc2-c2ccc(-c3nc4ccccc4o3)cc2)C1)OCc1ccccc1. The molecule has 0 bridgehead atoms. The summed E-state index contributed by atoms with van der Waals surface area (Å²) in [5, 5.41) is 11.5. The molecule has 36 heavy (non-hydrogen) atoms. The smallest absolute Gasteiger partial charge is 0.407 e. The number of benzene rings is 3. The molecule has 3 aromatic carbocycles. The number of ether oxygens (including phenoxy) is 1. The highest BCUT2D eigenvalue weighted by Gasteiger charge is 2.29. The molecule has 6 rings (SSSR count). The normalized spacial score (nSPS) is 17.3. The van der Waals surface area contributed by atoms with Gasteiger partial charge in [-0.3, -0.25) is 0 Å². The number of carbonyl (C=O) groups is 1. The van der Waals surface area contributed by atoms with Crippen LogP contribution in [0.5, 0.6) is 0 Å². The number of hydrogen-bond donors (Lipinski definition) is 1. The number of aromatic nitrogens is 4. The van der Waals surface area contributed by atoms with Crippen LogP contribution in [-0.2, 0) is 11.3 Å². The summed E-state index contributed by atoms with van der Waals surface area (Å²) in [5.41, 5.74) is 5.44. The molecule has 1 unspecified atom stereocenters. The van der Waals surface area contributed by atoms with Crippen molar-refractivity contribution in [3.63, 3.8) is 0 Å². The van der Waals surface area contributed by atoms with Gasteiger partial charge in [-0.05, 0) is 49.1 Å². The summed E-state index contributed by atoms with van der Waals surface area (Å²) in [7, 11) is 0.